The van der Waals surface area contributed by atoms with Crippen LogP contribution in [-0.4, -0.2) is 50.5 Å². The molecule has 0 aliphatic carbocycles. The molecule has 1 aromatic heterocycles. The predicted octanol–water partition coefficient (Wildman–Crippen LogP) is 1.67. The number of aliphatic carboxylic acids is 2. The van der Waals surface area contributed by atoms with E-state index in [0.29, 0.717) is 0 Å². The van der Waals surface area contributed by atoms with Crippen molar-refractivity contribution in [1.82, 2.24) is 9.88 Å². The molecule has 0 saturated carbocycles. The van der Waals surface area contributed by atoms with Gasteiger partial charge in [0.05, 0.1) is 19.1 Å². The number of hydrogen-bond acceptors (Lipinski definition) is 4. The summed E-state index contributed by atoms with van der Waals surface area (Å²) in [5, 5.41) is 33.0. The van der Waals surface area contributed by atoms with Crippen LogP contribution in [-0.2, 0) is 16.1 Å². The molecule has 7 heteroatoms. The van der Waals surface area contributed by atoms with E-state index in [0.717, 1.165) is 21.8 Å². The van der Waals surface area contributed by atoms with E-state index in [-0.39, 0.29) is 13.1 Å². The van der Waals surface area contributed by atoms with Gasteiger partial charge in [-0.05, 0) is 12.1 Å². The van der Waals surface area contributed by atoms with Crippen molar-refractivity contribution in [3.05, 3.63) is 48.5 Å². The smallest absolute Gasteiger partial charge is 0.321 e. The zero-order chi connectivity index (χ0) is 18.7. The average Bonchev–Trinajstić information content (AvgIpc) is 2.93. The number of fused-ring (bicyclic) bond motifs is 3. The van der Waals surface area contributed by atoms with Crippen LogP contribution in [0.4, 0.5) is 0 Å². The van der Waals surface area contributed by atoms with E-state index in [9.17, 15) is 14.7 Å². The molecule has 0 bridgehead atoms. The molecule has 2 atom stereocenters. The zero-order valence-corrected chi connectivity index (χ0v) is 14.0. The summed E-state index contributed by atoms with van der Waals surface area (Å²) in [6.45, 7) is 0.242. The molecule has 26 heavy (non-hydrogen) atoms. The Morgan fingerprint density at radius 1 is 0.962 bits per heavy atom. The van der Waals surface area contributed by atoms with Crippen LogP contribution in [0.15, 0.2) is 48.5 Å². The number of carboxylic acid groups (broad SMARTS) is 2. The standard InChI is InChI=1S/C19H20N2O5/c22-12(10-20-15(19(25)26)9-18(23)24)11-21-16-7-3-1-5-13(16)14-6-2-4-8-17(14)21/h1-8,12,15,20,22H,9-11H2,(H,23,24)(H,25,26)/t12-,15+/m1/s1. The van der Waals surface area contributed by atoms with Gasteiger partial charge in [-0.15, -0.1) is 0 Å². The third-order valence-corrected chi connectivity index (χ3v) is 4.35. The third kappa shape index (κ3) is 3.68. The average molecular weight is 356 g/mol. The Kier molecular flexibility index (Phi) is 5.20. The predicted molar refractivity (Wildman–Crippen MR) is 97.1 cm³/mol. The molecule has 0 spiro atoms. The van der Waals surface area contributed by atoms with Crippen molar-refractivity contribution < 1.29 is 24.9 Å². The van der Waals surface area contributed by atoms with Gasteiger partial charge >= 0.3 is 11.9 Å². The number of hydrogen-bond donors (Lipinski definition) is 4. The summed E-state index contributed by atoms with van der Waals surface area (Å²) in [6, 6.07) is 14.5. The van der Waals surface area contributed by atoms with E-state index in [1.807, 2.05) is 53.1 Å². The van der Waals surface area contributed by atoms with E-state index in [1.165, 1.54) is 0 Å². The molecule has 0 saturated heterocycles. The Hall–Kier alpha value is -2.90. The van der Waals surface area contributed by atoms with Crippen molar-refractivity contribution in [3.8, 4) is 0 Å². The number of aliphatic hydroxyl groups excluding tert-OH is 1. The second-order valence-corrected chi connectivity index (χ2v) is 6.20. The molecule has 0 amide bonds. The highest BCUT2D eigenvalue weighted by Crippen LogP contribution is 2.28. The molecule has 0 unspecified atom stereocenters. The minimum absolute atomic E-state index is 0.0227. The Balaban J connectivity index is 1.79. The fourth-order valence-corrected chi connectivity index (χ4v) is 3.18. The number of para-hydroxylation sites is 2. The Morgan fingerprint density at radius 2 is 1.50 bits per heavy atom. The van der Waals surface area contributed by atoms with Gasteiger partial charge in [-0.25, -0.2) is 0 Å². The van der Waals surface area contributed by atoms with Crippen molar-refractivity contribution in [3.63, 3.8) is 0 Å². The van der Waals surface area contributed by atoms with Crippen LogP contribution < -0.4 is 5.32 Å². The molecule has 0 fully saturated rings. The summed E-state index contributed by atoms with van der Waals surface area (Å²) in [5.41, 5.74) is 1.96. The van der Waals surface area contributed by atoms with Crippen molar-refractivity contribution in [1.29, 1.82) is 0 Å². The lowest BCUT2D eigenvalue weighted by molar-refractivity contribution is -0.146. The molecular weight excluding hydrogens is 336 g/mol. The highest BCUT2D eigenvalue weighted by atomic mass is 16.4. The molecule has 7 nitrogen and oxygen atoms in total. The van der Waals surface area contributed by atoms with E-state index in [4.69, 9.17) is 10.2 Å². The molecule has 0 aliphatic rings. The van der Waals surface area contributed by atoms with E-state index in [1.54, 1.807) is 0 Å². The zero-order valence-electron chi connectivity index (χ0n) is 14.0. The fourth-order valence-electron chi connectivity index (χ4n) is 3.18. The van der Waals surface area contributed by atoms with E-state index >= 15 is 0 Å². The normalized spacial score (nSPS) is 13.7. The summed E-state index contributed by atoms with van der Waals surface area (Å²) in [6.07, 6.45) is -1.41. The summed E-state index contributed by atoms with van der Waals surface area (Å²) < 4.78 is 1.99. The van der Waals surface area contributed by atoms with Crippen LogP contribution in [0.5, 0.6) is 0 Å². The minimum atomic E-state index is -1.25. The van der Waals surface area contributed by atoms with Crippen LogP contribution in [0.1, 0.15) is 6.42 Å². The first-order valence-corrected chi connectivity index (χ1v) is 8.29. The lowest BCUT2D eigenvalue weighted by Gasteiger charge is -2.17. The van der Waals surface area contributed by atoms with Crippen LogP contribution in [0.25, 0.3) is 21.8 Å². The SMILES string of the molecule is O=C(O)C[C@H](NC[C@@H](O)Cn1c2ccccc2c2ccccc21)C(=O)O. The maximum atomic E-state index is 11.1. The number of benzene rings is 2. The van der Waals surface area contributed by atoms with E-state index in [2.05, 4.69) is 5.32 Å². The molecule has 1 heterocycles. The van der Waals surface area contributed by atoms with Gasteiger partial charge in [0.2, 0.25) is 0 Å². The minimum Gasteiger partial charge on any atom is -0.481 e. The van der Waals surface area contributed by atoms with E-state index < -0.39 is 30.5 Å². The lowest BCUT2D eigenvalue weighted by atomic mass is 10.2. The first-order valence-electron chi connectivity index (χ1n) is 8.29. The molecule has 136 valence electrons. The summed E-state index contributed by atoms with van der Waals surface area (Å²) >= 11 is 0. The number of carboxylic acids is 2. The topological polar surface area (TPSA) is 112 Å². The third-order valence-electron chi connectivity index (χ3n) is 4.35. The van der Waals surface area contributed by atoms with Crippen molar-refractivity contribution in [2.75, 3.05) is 6.54 Å². The maximum Gasteiger partial charge on any atom is 0.321 e. The quantitative estimate of drug-likeness (QED) is 0.488. The van der Waals surface area contributed by atoms with Crippen molar-refractivity contribution >= 4 is 33.7 Å². The summed E-state index contributed by atoms with van der Waals surface area (Å²) in [4.78, 5) is 21.8. The molecule has 3 rings (SSSR count). The molecule has 0 aliphatic heterocycles. The second-order valence-electron chi connectivity index (χ2n) is 6.20. The number of nitrogens with zero attached hydrogens (tertiary/aromatic N) is 1. The molecule has 2 aromatic carbocycles. The second kappa shape index (κ2) is 7.55. The fraction of sp³-hybridized carbons (Fsp3) is 0.263. The van der Waals surface area contributed by atoms with Gasteiger partial charge < -0.3 is 25.2 Å². The number of carbonyl (C=O) groups is 2. The van der Waals surface area contributed by atoms with Gasteiger partial charge in [-0.3, -0.25) is 9.59 Å². The monoisotopic (exact) mass is 356 g/mol. The summed E-state index contributed by atoms with van der Waals surface area (Å²) in [5.74, 6) is -2.46. The molecular formula is C19H20N2O5. The molecule has 3 aromatic rings. The molecule has 0 radical (unpaired) electrons. The van der Waals surface area contributed by atoms with Gasteiger partial charge in [0.1, 0.15) is 6.04 Å². The van der Waals surface area contributed by atoms with Gasteiger partial charge in [0.15, 0.2) is 0 Å². The van der Waals surface area contributed by atoms with Crippen molar-refractivity contribution in [2.45, 2.75) is 25.1 Å². The highest BCUT2D eigenvalue weighted by molar-refractivity contribution is 6.07. The lowest BCUT2D eigenvalue weighted by Crippen LogP contribution is -2.43. The van der Waals surface area contributed by atoms with Crippen LogP contribution in [0.3, 0.4) is 0 Å². The first-order chi connectivity index (χ1) is 12.5. The van der Waals surface area contributed by atoms with Gasteiger partial charge in [-0.1, -0.05) is 36.4 Å². The highest BCUT2D eigenvalue weighted by Gasteiger charge is 2.22. The molecule has 4 N–H and O–H groups in total. The van der Waals surface area contributed by atoms with Gasteiger partial charge in [0.25, 0.3) is 0 Å². The number of nitrogens with one attached hydrogen (secondary N) is 1. The number of aliphatic hydroxyl groups is 1. The van der Waals surface area contributed by atoms with Gasteiger partial charge in [0, 0.05) is 28.4 Å². The van der Waals surface area contributed by atoms with Crippen LogP contribution in [0.2, 0.25) is 0 Å². The largest absolute Gasteiger partial charge is 0.481 e. The van der Waals surface area contributed by atoms with Crippen LogP contribution in [0, 0.1) is 0 Å². The summed E-state index contributed by atoms with van der Waals surface area (Å²) in [7, 11) is 0. The van der Waals surface area contributed by atoms with Crippen molar-refractivity contribution in [2.24, 2.45) is 0 Å². The Morgan fingerprint density at radius 3 is 2.00 bits per heavy atom. The van der Waals surface area contributed by atoms with Gasteiger partial charge in [-0.2, -0.15) is 0 Å². The maximum absolute atomic E-state index is 11.1. The number of aromatic nitrogens is 1. The Labute approximate surface area is 149 Å². The first kappa shape index (κ1) is 17.9. The number of rotatable bonds is 8. The van der Waals surface area contributed by atoms with Crippen LogP contribution >= 0.6 is 0 Å². The Bertz CT molecular complexity index is 896.